The van der Waals surface area contributed by atoms with Gasteiger partial charge < -0.3 is 10.2 Å². The molecule has 100 valence electrons. The molecule has 7 heteroatoms. The molecule has 7 nitrogen and oxygen atoms in total. The molecule has 1 N–H and O–H groups in total. The first-order chi connectivity index (χ1) is 8.42. The predicted molar refractivity (Wildman–Crippen MR) is 71.1 cm³/mol. The number of hydrogen-bond donors (Lipinski definition) is 1. The minimum Gasteiger partial charge on any atom is -0.357 e. The normalized spacial score (nSPS) is 10.6. The molecule has 0 aliphatic rings. The first-order valence-corrected chi connectivity index (χ1v) is 5.89. The van der Waals surface area contributed by atoms with Crippen molar-refractivity contribution in [3.8, 4) is 0 Å². The van der Waals surface area contributed by atoms with Crippen LogP contribution in [0, 0.1) is 17.0 Å². The smallest absolute Gasteiger partial charge is 0.332 e. The van der Waals surface area contributed by atoms with Gasteiger partial charge in [0.25, 0.3) is 0 Å². The van der Waals surface area contributed by atoms with Gasteiger partial charge in [-0.05, 0) is 27.7 Å². The quantitative estimate of drug-likeness (QED) is 0.638. The summed E-state index contributed by atoms with van der Waals surface area (Å²) in [5.74, 6) is 0.765. The van der Waals surface area contributed by atoms with E-state index in [2.05, 4.69) is 15.3 Å². The Labute approximate surface area is 106 Å². The van der Waals surface area contributed by atoms with Crippen LogP contribution < -0.4 is 10.2 Å². The van der Waals surface area contributed by atoms with E-state index in [1.54, 1.807) is 14.0 Å². The van der Waals surface area contributed by atoms with E-state index in [1.807, 2.05) is 25.7 Å². The monoisotopic (exact) mass is 253 g/mol. The molecule has 0 unspecified atom stereocenters. The van der Waals surface area contributed by atoms with E-state index in [9.17, 15) is 10.1 Å². The van der Waals surface area contributed by atoms with Crippen LogP contribution in [0.15, 0.2) is 0 Å². The fourth-order valence-corrected chi connectivity index (χ4v) is 1.84. The van der Waals surface area contributed by atoms with Gasteiger partial charge in [0.2, 0.25) is 11.8 Å². The molecule has 0 bridgehead atoms. The Bertz CT molecular complexity index is 447. The van der Waals surface area contributed by atoms with Crippen LogP contribution in [0.2, 0.25) is 0 Å². The molecule has 1 aromatic rings. The Morgan fingerprint density at radius 2 is 2.06 bits per heavy atom. The van der Waals surface area contributed by atoms with Crippen LogP contribution in [0.5, 0.6) is 0 Å². The van der Waals surface area contributed by atoms with Gasteiger partial charge in [0, 0.05) is 19.6 Å². The third kappa shape index (κ3) is 2.66. The average Bonchev–Trinajstić information content (AvgIpc) is 2.28. The Morgan fingerprint density at radius 1 is 1.44 bits per heavy atom. The highest BCUT2D eigenvalue weighted by atomic mass is 16.6. The van der Waals surface area contributed by atoms with Crippen LogP contribution in [0.1, 0.15) is 26.5 Å². The van der Waals surface area contributed by atoms with Gasteiger partial charge in [-0.3, -0.25) is 10.1 Å². The average molecular weight is 253 g/mol. The third-order valence-corrected chi connectivity index (χ3v) is 2.68. The molecule has 0 spiro atoms. The molecule has 0 atom stereocenters. The van der Waals surface area contributed by atoms with E-state index in [0.717, 1.165) is 0 Å². The second-order valence-corrected chi connectivity index (χ2v) is 4.19. The van der Waals surface area contributed by atoms with Gasteiger partial charge in [-0.15, -0.1) is 0 Å². The van der Waals surface area contributed by atoms with Crippen molar-refractivity contribution >= 4 is 17.5 Å². The zero-order chi connectivity index (χ0) is 13.9. The largest absolute Gasteiger partial charge is 0.357 e. The molecule has 18 heavy (non-hydrogen) atoms. The van der Waals surface area contributed by atoms with Crippen molar-refractivity contribution in [1.29, 1.82) is 0 Å². The molecule has 0 amide bonds. The van der Waals surface area contributed by atoms with Crippen molar-refractivity contribution in [2.45, 2.75) is 33.7 Å². The summed E-state index contributed by atoms with van der Waals surface area (Å²) in [6, 6.07) is 0.132. The van der Waals surface area contributed by atoms with Crippen molar-refractivity contribution in [3.63, 3.8) is 0 Å². The lowest BCUT2D eigenvalue weighted by Gasteiger charge is -2.26. The first kappa shape index (κ1) is 14.1. The van der Waals surface area contributed by atoms with Crippen LogP contribution in [0.4, 0.5) is 17.5 Å². The SMILES string of the molecule is CCN(c1nc(NC)nc(C)c1[N+](=O)[O-])C(C)C. The van der Waals surface area contributed by atoms with Gasteiger partial charge in [-0.2, -0.15) is 4.98 Å². The minimum absolute atomic E-state index is 0.0236. The second-order valence-electron chi connectivity index (χ2n) is 4.19. The summed E-state index contributed by atoms with van der Waals surface area (Å²) in [6.07, 6.45) is 0. The topological polar surface area (TPSA) is 84.2 Å². The molecule has 0 aromatic carbocycles. The number of aromatic nitrogens is 2. The maximum atomic E-state index is 11.2. The number of anilines is 2. The summed E-state index contributed by atoms with van der Waals surface area (Å²) >= 11 is 0. The van der Waals surface area contributed by atoms with E-state index in [1.165, 1.54) is 0 Å². The van der Waals surface area contributed by atoms with Gasteiger partial charge in [-0.25, -0.2) is 4.98 Å². The zero-order valence-corrected chi connectivity index (χ0v) is 11.4. The number of nitro groups is 1. The Balaban J connectivity index is 3.46. The summed E-state index contributed by atoms with van der Waals surface area (Å²) in [5, 5.41) is 14.0. The molecule has 0 fully saturated rings. The number of hydrogen-bond acceptors (Lipinski definition) is 6. The summed E-state index contributed by atoms with van der Waals surface area (Å²) in [6.45, 7) is 8.17. The molecular formula is C11H19N5O2. The molecule has 1 heterocycles. The van der Waals surface area contributed by atoms with E-state index >= 15 is 0 Å². The van der Waals surface area contributed by atoms with Crippen molar-refractivity contribution < 1.29 is 4.92 Å². The van der Waals surface area contributed by atoms with Crippen molar-refractivity contribution in [2.75, 3.05) is 23.8 Å². The van der Waals surface area contributed by atoms with Crippen molar-refractivity contribution in [3.05, 3.63) is 15.8 Å². The van der Waals surface area contributed by atoms with Gasteiger partial charge in [-0.1, -0.05) is 0 Å². The highest BCUT2D eigenvalue weighted by Crippen LogP contribution is 2.30. The van der Waals surface area contributed by atoms with Crippen LogP contribution in [-0.4, -0.2) is 34.5 Å². The van der Waals surface area contributed by atoms with E-state index in [4.69, 9.17) is 0 Å². The first-order valence-electron chi connectivity index (χ1n) is 5.89. The summed E-state index contributed by atoms with van der Waals surface area (Å²) in [4.78, 5) is 20.9. The fraction of sp³-hybridized carbons (Fsp3) is 0.636. The summed E-state index contributed by atoms with van der Waals surface area (Å²) in [5.41, 5.74) is 0.345. The lowest BCUT2D eigenvalue weighted by atomic mass is 10.2. The Hall–Kier alpha value is -1.92. The number of rotatable bonds is 5. The van der Waals surface area contributed by atoms with Crippen LogP contribution in [-0.2, 0) is 0 Å². The van der Waals surface area contributed by atoms with Crippen LogP contribution in [0.25, 0.3) is 0 Å². The molecule has 0 aliphatic heterocycles. The molecule has 0 saturated heterocycles. The molecule has 1 aromatic heterocycles. The molecule has 0 saturated carbocycles. The number of nitrogens with zero attached hydrogens (tertiary/aromatic N) is 4. The van der Waals surface area contributed by atoms with E-state index in [0.29, 0.717) is 24.0 Å². The van der Waals surface area contributed by atoms with Gasteiger partial charge in [0.15, 0.2) is 0 Å². The van der Waals surface area contributed by atoms with Gasteiger partial charge >= 0.3 is 5.69 Å². The standard InChI is InChI=1S/C11H19N5O2/c1-6-15(7(2)3)10-9(16(17)18)8(4)13-11(12-5)14-10/h7H,6H2,1-5H3,(H,12,13,14). The van der Waals surface area contributed by atoms with Gasteiger partial charge in [0.1, 0.15) is 5.69 Å². The van der Waals surface area contributed by atoms with E-state index in [-0.39, 0.29) is 11.7 Å². The molecule has 1 rings (SSSR count). The number of nitrogens with one attached hydrogen (secondary N) is 1. The van der Waals surface area contributed by atoms with Crippen LogP contribution >= 0.6 is 0 Å². The maximum Gasteiger partial charge on any atom is 0.332 e. The lowest BCUT2D eigenvalue weighted by Crippen LogP contribution is -2.32. The van der Waals surface area contributed by atoms with Crippen LogP contribution in [0.3, 0.4) is 0 Å². The molecule has 0 aliphatic carbocycles. The van der Waals surface area contributed by atoms with Gasteiger partial charge in [0.05, 0.1) is 4.92 Å². The van der Waals surface area contributed by atoms with E-state index < -0.39 is 4.92 Å². The fourth-order valence-electron chi connectivity index (χ4n) is 1.84. The third-order valence-electron chi connectivity index (χ3n) is 2.68. The van der Waals surface area contributed by atoms with Crippen molar-refractivity contribution in [2.24, 2.45) is 0 Å². The minimum atomic E-state index is -0.421. The lowest BCUT2D eigenvalue weighted by molar-refractivity contribution is -0.385. The second kappa shape index (κ2) is 5.61. The number of aryl methyl sites for hydroxylation is 1. The Kier molecular flexibility index (Phi) is 4.41. The Morgan fingerprint density at radius 3 is 2.44 bits per heavy atom. The summed E-state index contributed by atoms with van der Waals surface area (Å²) in [7, 11) is 1.69. The highest BCUT2D eigenvalue weighted by Gasteiger charge is 2.26. The highest BCUT2D eigenvalue weighted by molar-refractivity contribution is 5.62. The molecule has 0 radical (unpaired) electrons. The summed E-state index contributed by atoms with van der Waals surface area (Å²) < 4.78 is 0. The zero-order valence-electron chi connectivity index (χ0n) is 11.4. The maximum absolute atomic E-state index is 11.2. The predicted octanol–water partition coefficient (Wildman–Crippen LogP) is 1.97. The van der Waals surface area contributed by atoms with Crippen molar-refractivity contribution in [1.82, 2.24) is 9.97 Å². The molecular weight excluding hydrogens is 234 g/mol.